The van der Waals surface area contributed by atoms with Gasteiger partial charge in [0.15, 0.2) is 0 Å². The van der Waals surface area contributed by atoms with Crippen LogP contribution in [-0.2, 0) is 33.8 Å². The number of fused-ring (bicyclic) bond motifs is 1. The highest BCUT2D eigenvalue weighted by Gasteiger charge is 2.38. The van der Waals surface area contributed by atoms with Gasteiger partial charge in [0, 0.05) is 18.0 Å². The van der Waals surface area contributed by atoms with Gasteiger partial charge in [-0.05, 0) is 38.0 Å². The van der Waals surface area contributed by atoms with E-state index in [4.69, 9.17) is 29.0 Å². The number of carboxylic acid groups (broad SMARTS) is 1. The summed E-state index contributed by atoms with van der Waals surface area (Å²) in [6.07, 6.45) is -0.469. The van der Waals surface area contributed by atoms with Gasteiger partial charge < -0.3 is 19.1 Å². The maximum atomic E-state index is 10.6. The average molecular weight is 468 g/mol. The number of carboxylic acids is 1. The molecule has 0 saturated heterocycles. The SMILES string of the molecule is Cc1noc(C)c1COCC1OCCc2cn(Cc3ccccn3)nc21.O=C(O)C(F)(F)F. The molecule has 0 aromatic carbocycles. The summed E-state index contributed by atoms with van der Waals surface area (Å²) in [4.78, 5) is 13.3. The highest BCUT2D eigenvalue weighted by molar-refractivity contribution is 5.73. The Balaban J connectivity index is 0.000000383. The van der Waals surface area contributed by atoms with Crippen LogP contribution in [0.15, 0.2) is 35.1 Å². The van der Waals surface area contributed by atoms with Gasteiger partial charge in [0.25, 0.3) is 0 Å². The van der Waals surface area contributed by atoms with Crippen molar-refractivity contribution in [1.82, 2.24) is 19.9 Å². The van der Waals surface area contributed by atoms with Crippen LogP contribution >= 0.6 is 0 Å². The fraction of sp³-hybridized carbons (Fsp3) is 0.429. The van der Waals surface area contributed by atoms with Gasteiger partial charge in [-0.25, -0.2) is 4.79 Å². The highest BCUT2D eigenvalue weighted by Crippen LogP contribution is 2.27. The van der Waals surface area contributed by atoms with Crippen LogP contribution < -0.4 is 0 Å². The molecule has 0 spiro atoms. The van der Waals surface area contributed by atoms with Gasteiger partial charge in [-0.3, -0.25) is 9.67 Å². The van der Waals surface area contributed by atoms with Gasteiger partial charge in [-0.15, -0.1) is 0 Å². The molecule has 4 heterocycles. The van der Waals surface area contributed by atoms with Crippen molar-refractivity contribution in [2.45, 2.75) is 45.7 Å². The van der Waals surface area contributed by atoms with E-state index in [1.807, 2.05) is 36.7 Å². The predicted octanol–water partition coefficient (Wildman–Crippen LogP) is 3.40. The smallest absolute Gasteiger partial charge is 0.475 e. The quantitative estimate of drug-likeness (QED) is 0.586. The molecule has 0 bridgehead atoms. The number of aryl methyl sites for hydroxylation is 2. The van der Waals surface area contributed by atoms with Gasteiger partial charge in [0.2, 0.25) is 0 Å². The molecule has 3 aromatic rings. The van der Waals surface area contributed by atoms with E-state index in [9.17, 15) is 13.2 Å². The molecule has 0 amide bonds. The molecule has 1 unspecified atom stereocenters. The van der Waals surface area contributed by atoms with Crippen LogP contribution in [0.3, 0.4) is 0 Å². The maximum absolute atomic E-state index is 10.6. The third-order valence-corrected chi connectivity index (χ3v) is 4.85. The molecule has 33 heavy (non-hydrogen) atoms. The first kappa shape index (κ1) is 24.4. The molecule has 1 aliphatic heterocycles. The molecular formula is C21H23F3N4O5. The lowest BCUT2D eigenvalue weighted by Gasteiger charge is -2.21. The fourth-order valence-corrected chi connectivity index (χ4v) is 3.17. The lowest BCUT2D eigenvalue weighted by Crippen LogP contribution is -2.21. The van der Waals surface area contributed by atoms with Crippen LogP contribution in [0.4, 0.5) is 13.2 Å². The summed E-state index contributed by atoms with van der Waals surface area (Å²) in [6.45, 7) is 6.07. The number of pyridine rings is 1. The van der Waals surface area contributed by atoms with Crippen LogP contribution in [0.1, 0.15) is 40.1 Å². The lowest BCUT2D eigenvalue weighted by molar-refractivity contribution is -0.192. The molecule has 0 radical (unpaired) electrons. The van der Waals surface area contributed by atoms with Crippen molar-refractivity contribution in [3.8, 4) is 0 Å². The molecule has 0 fully saturated rings. The van der Waals surface area contributed by atoms with Crippen molar-refractivity contribution in [3.05, 3.63) is 64.6 Å². The molecule has 1 N–H and O–H groups in total. The minimum absolute atomic E-state index is 0.149. The van der Waals surface area contributed by atoms with E-state index in [1.165, 1.54) is 5.56 Å². The number of halogens is 3. The van der Waals surface area contributed by atoms with Crippen LogP contribution in [0.2, 0.25) is 0 Å². The van der Waals surface area contributed by atoms with E-state index in [1.54, 1.807) is 6.20 Å². The molecule has 0 aliphatic carbocycles. The lowest BCUT2D eigenvalue weighted by atomic mass is 10.1. The van der Waals surface area contributed by atoms with Crippen molar-refractivity contribution in [2.75, 3.05) is 13.2 Å². The van der Waals surface area contributed by atoms with E-state index in [0.29, 0.717) is 26.4 Å². The Morgan fingerprint density at radius 2 is 2.09 bits per heavy atom. The van der Waals surface area contributed by atoms with Crippen molar-refractivity contribution in [2.24, 2.45) is 0 Å². The molecule has 4 rings (SSSR count). The zero-order valence-corrected chi connectivity index (χ0v) is 18.0. The zero-order valence-electron chi connectivity index (χ0n) is 18.0. The molecule has 1 aliphatic rings. The van der Waals surface area contributed by atoms with Gasteiger partial charge in [-0.2, -0.15) is 18.3 Å². The molecule has 178 valence electrons. The Kier molecular flexibility index (Phi) is 7.82. The second-order valence-corrected chi connectivity index (χ2v) is 7.29. The Morgan fingerprint density at radius 1 is 1.33 bits per heavy atom. The number of rotatable bonds is 6. The molecule has 9 nitrogen and oxygen atoms in total. The van der Waals surface area contributed by atoms with Crippen molar-refractivity contribution in [3.63, 3.8) is 0 Å². The number of hydrogen-bond acceptors (Lipinski definition) is 7. The van der Waals surface area contributed by atoms with Crippen LogP contribution in [0.25, 0.3) is 0 Å². The third kappa shape index (κ3) is 6.62. The average Bonchev–Trinajstić information content (AvgIpc) is 3.32. The first-order chi connectivity index (χ1) is 15.6. The normalized spacial score (nSPS) is 15.5. The molecule has 0 saturated carbocycles. The largest absolute Gasteiger partial charge is 0.490 e. The first-order valence-corrected chi connectivity index (χ1v) is 10.0. The standard InChI is InChI=1S/C19H22N4O3.C2HF3O2/c1-13-17(14(2)26-22-13)11-24-12-18-19-15(6-8-25-18)9-23(21-19)10-16-5-3-4-7-20-16;3-2(4,5)1(6)7/h3-5,7,9,18H,6,8,10-12H2,1-2H3;(H,6,7). The monoisotopic (exact) mass is 468 g/mol. The molecular weight excluding hydrogens is 445 g/mol. The second kappa shape index (κ2) is 10.6. The number of carbonyl (C=O) groups is 1. The third-order valence-electron chi connectivity index (χ3n) is 4.85. The second-order valence-electron chi connectivity index (χ2n) is 7.29. The summed E-state index contributed by atoms with van der Waals surface area (Å²) < 4.78 is 50.6. The van der Waals surface area contributed by atoms with Crippen molar-refractivity contribution >= 4 is 5.97 Å². The van der Waals surface area contributed by atoms with E-state index in [0.717, 1.165) is 34.8 Å². The van der Waals surface area contributed by atoms with Crippen LogP contribution in [-0.4, -0.2) is 50.4 Å². The first-order valence-electron chi connectivity index (χ1n) is 10.0. The molecule has 12 heteroatoms. The highest BCUT2D eigenvalue weighted by atomic mass is 19.4. The summed E-state index contributed by atoms with van der Waals surface area (Å²) in [5.41, 5.74) is 5.04. The Hall–Kier alpha value is -3.25. The fourth-order valence-electron chi connectivity index (χ4n) is 3.17. The number of aromatic nitrogens is 4. The van der Waals surface area contributed by atoms with Gasteiger partial charge >= 0.3 is 12.1 Å². The van der Waals surface area contributed by atoms with Crippen molar-refractivity contribution in [1.29, 1.82) is 0 Å². The maximum Gasteiger partial charge on any atom is 0.490 e. The molecule has 3 aromatic heterocycles. The van der Waals surface area contributed by atoms with E-state index in [-0.39, 0.29) is 6.10 Å². The topological polar surface area (TPSA) is 113 Å². The summed E-state index contributed by atoms with van der Waals surface area (Å²) in [5.74, 6) is -1.96. The van der Waals surface area contributed by atoms with Gasteiger partial charge in [-0.1, -0.05) is 11.2 Å². The Bertz CT molecular complexity index is 1050. The minimum Gasteiger partial charge on any atom is -0.475 e. The van der Waals surface area contributed by atoms with Gasteiger partial charge in [0.05, 0.1) is 43.4 Å². The van der Waals surface area contributed by atoms with E-state index < -0.39 is 12.1 Å². The predicted molar refractivity (Wildman–Crippen MR) is 107 cm³/mol. The zero-order chi connectivity index (χ0) is 24.0. The summed E-state index contributed by atoms with van der Waals surface area (Å²) >= 11 is 0. The minimum atomic E-state index is -5.08. The summed E-state index contributed by atoms with van der Waals surface area (Å²) in [7, 11) is 0. The summed E-state index contributed by atoms with van der Waals surface area (Å²) in [6, 6.07) is 5.90. The summed E-state index contributed by atoms with van der Waals surface area (Å²) in [5, 5.41) is 15.8. The Morgan fingerprint density at radius 3 is 2.70 bits per heavy atom. The van der Waals surface area contributed by atoms with E-state index in [2.05, 4.69) is 16.3 Å². The van der Waals surface area contributed by atoms with Crippen LogP contribution in [0.5, 0.6) is 0 Å². The number of alkyl halides is 3. The Labute approximate surface area is 187 Å². The van der Waals surface area contributed by atoms with E-state index >= 15 is 0 Å². The van der Waals surface area contributed by atoms with Crippen molar-refractivity contribution < 1.29 is 37.1 Å². The number of hydrogen-bond donors (Lipinski definition) is 1. The number of ether oxygens (including phenoxy) is 2. The number of nitrogens with zero attached hydrogens (tertiary/aromatic N) is 4. The van der Waals surface area contributed by atoms with Gasteiger partial charge in [0.1, 0.15) is 11.9 Å². The van der Waals surface area contributed by atoms with Crippen LogP contribution in [0, 0.1) is 13.8 Å². The molecule has 1 atom stereocenters. The number of aliphatic carboxylic acids is 1.